The molecule has 1 rings (SSSR count). The molecule has 3 N–H and O–H groups in total. The van der Waals surface area contributed by atoms with Gasteiger partial charge in [-0.05, 0) is 18.4 Å². The van der Waals surface area contributed by atoms with Crippen LogP contribution in [0.25, 0.3) is 0 Å². The third-order valence-corrected chi connectivity index (χ3v) is 4.01. The van der Waals surface area contributed by atoms with Gasteiger partial charge in [0, 0.05) is 19.6 Å². The molecule has 0 saturated heterocycles. The maximum Gasteiger partial charge on any atom is 0.257 e. The number of nitrogens with two attached hydrogens (primary N) is 1. The molecule has 1 aromatic rings. The van der Waals surface area contributed by atoms with Gasteiger partial charge in [-0.2, -0.15) is 5.10 Å². The summed E-state index contributed by atoms with van der Waals surface area (Å²) < 4.78 is 28.0. The Morgan fingerprint density at radius 3 is 2.59 bits per heavy atom. The van der Waals surface area contributed by atoms with Crippen molar-refractivity contribution in [2.24, 2.45) is 18.7 Å². The van der Waals surface area contributed by atoms with Gasteiger partial charge >= 0.3 is 0 Å². The molecule has 0 amide bonds. The molecule has 0 bridgehead atoms. The molecule has 1 atom stereocenters. The Bertz CT molecular complexity index is 453. The summed E-state index contributed by atoms with van der Waals surface area (Å²) in [6.45, 7) is 4.34. The second kappa shape index (κ2) is 5.61. The van der Waals surface area contributed by atoms with E-state index < -0.39 is 10.0 Å². The summed E-state index contributed by atoms with van der Waals surface area (Å²) in [6, 6.07) is 1.22. The van der Waals surface area contributed by atoms with Gasteiger partial charge in [-0.1, -0.05) is 13.8 Å². The zero-order chi connectivity index (χ0) is 13.1. The second-order valence-corrected chi connectivity index (χ2v) is 6.14. The van der Waals surface area contributed by atoms with Gasteiger partial charge in [0.25, 0.3) is 10.0 Å². The smallest absolute Gasteiger partial charge is 0.257 e. The molecule has 7 heteroatoms. The Morgan fingerprint density at radius 1 is 1.53 bits per heavy atom. The third kappa shape index (κ3) is 3.79. The maximum atomic E-state index is 12.0. The first-order valence-corrected chi connectivity index (χ1v) is 7.05. The normalized spacial score (nSPS) is 14.2. The van der Waals surface area contributed by atoms with Crippen LogP contribution in [0.2, 0.25) is 0 Å². The maximum absolute atomic E-state index is 12.0. The molecule has 0 saturated carbocycles. The predicted molar refractivity (Wildman–Crippen MR) is 65.8 cm³/mol. The highest BCUT2D eigenvalue weighted by molar-refractivity contribution is 7.89. The van der Waals surface area contributed by atoms with Crippen molar-refractivity contribution in [1.29, 1.82) is 0 Å². The van der Waals surface area contributed by atoms with Gasteiger partial charge in [0.2, 0.25) is 0 Å². The molecule has 0 aliphatic carbocycles. The van der Waals surface area contributed by atoms with Crippen molar-refractivity contribution >= 4 is 10.0 Å². The first-order chi connectivity index (χ1) is 7.86. The Balaban J connectivity index is 2.82. The fourth-order valence-electron chi connectivity index (χ4n) is 1.67. The van der Waals surface area contributed by atoms with Crippen LogP contribution in [0, 0.1) is 5.92 Å². The number of nitrogens with zero attached hydrogens (tertiary/aromatic N) is 2. The lowest BCUT2D eigenvalue weighted by atomic mass is 10.1. The minimum atomic E-state index is -3.53. The van der Waals surface area contributed by atoms with Crippen LogP contribution in [0.1, 0.15) is 20.3 Å². The first kappa shape index (κ1) is 14.1. The van der Waals surface area contributed by atoms with E-state index >= 15 is 0 Å². The molecule has 1 aromatic heterocycles. The van der Waals surface area contributed by atoms with Crippen LogP contribution < -0.4 is 10.5 Å². The zero-order valence-electron chi connectivity index (χ0n) is 10.4. The highest BCUT2D eigenvalue weighted by Gasteiger charge is 2.22. The van der Waals surface area contributed by atoms with E-state index in [0.717, 1.165) is 0 Å². The van der Waals surface area contributed by atoms with Gasteiger partial charge in [0.05, 0.1) is 6.20 Å². The minimum absolute atomic E-state index is 0.153. The van der Waals surface area contributed by atoms with Crippen LogP contribution >= 0.6 is 0 Å². The van der Waals surface area contributed by atoms with Gasteiger partial charge in [0.15, 0.2) is 5.03 Å². The topological polar surface area (TPSA) is 90.0 Å². The zero-order valence-corrected chi connectivity index (χ0v) is 11.2. The van der Waals surface area contributed by atoms with E-state index in [1.165, 1.54) is 16.9 Å². The minimum Gasteiger partial charge on any atom is -0.329 e. The average Bonchev–Trinajstić information content (AvgIpc) is 2.63. The van der Waals surface area contributed by atoms with Gasteiger partial charge in [-0.15, -0.1) is 0 Å². The van der Waals surface area contributed by atoms with E-state index in [9.17, 15) is 8.42 Å². The molecule has 0 spiro atoms. The number of sulfonamides is 1. The Hall–Kier alpha value is -0.920. The van der Waals surface area contributed by atoms with E-state index in [1.807, 2.05) is 13.8 Å². The highest BCUT2D eigenvalue weighted by Crippen LogP contribution is 2.10. The summed E-state index contributed by atoms with van der Waals surface area (Å²) in [7, 11) is -1.94. The standard InChI is InChI=1S/C10H20N4O2S/c1-8(2)6-9(7-11)13-17(15,16)10-4-5-12-14(10)3/h4-5,8-9,13H,6-7,11H2,1-3H3. The Morgan fingerprint density at radius 2 is 2.18 bits per heavy atom. The summed E-state index contributed by atoms with van der Waals surface area (Å²) in [5.41, 5.74) is 5.57. The second-order valence-electron chi connectivity index (χ2n) is 4.48. The van der Waals surface area contributed by atoms with Crippen molar-refractivity contribution in [3.63, 3.8) is 0 Å². The molecule has 1 unspecified atom stereocenters. The monoisotopic (exact) mass is 260 g/mol. The van der Waals surface area contributed by atoms with Gasteiger partial charge in [0.1, 0.15) is 0 Å². The van der Waals surface area contributed by atoms with Crippen molar-refractivity contribution in [2.45, 2.75) is 31.3 Å². The van der Waals surface area contributed by atoms with Crippen LogP contribution in [-0.2, 0) is 17.1 Å². The van der Waals surface area contributed by atoms with Crippen LogP contribution in [-0.4, -0.2) is 30.8 Å². The van der Waals surface area contributed by atoms with Crippen molar-refractivity contribution < 1.29 is 8.42 Å². The SMILES string of the molecule is CC(C)CC(CN)NS(=O)(=O)c1ccnn1C. The molecule has 1 heterocycles. The number of hydrogen-bond acceptors (Lipinski definition) is 4. The van der Waals surface area contributed by atoms with Crippen LogP contribution in [0.4, 0.5) is 0 Å². The van der Waals surface area contributed by atoms with Crippen LogP contribution in [0.3, 0.4) is 0 Å². The third-order valence-electron chi connectivity index (χ3n) is 2.41. The number of aromatic nitrogens is 2. The summed E-state index contributed by atoms with van der Waals surface area (Å²) in [5, 5.41) is 4.00. The highest BCUT2D eigenvalue weighted by atomic mass is 32.2. The Kier molecular flexibility index (Phi) is 4.67. The summed E-state index contributed by atoms with van der Waals surface area (Å²) in [4.78, 5) is 0. The lowest BCUT2D eigenvalue weighted by Crippen LogP contribution is -2.41. The summed E-state index contributed by atoms with van der Waals surface area (Å²) >= 11 is 0. The lowest BCUT2D eigenvalue weighted by Gasteiger charge is -2.18. The van der Waals surface area contributed by atoms with Crippen LogP contribution in [0.5, 0.6) is 0 Å². The van der Waals surface area contributed by atoms with Gasteiger partial charge in [-0.3, -0.25) is 4.68 Å². The van der Waals surface area contributed by atoms with E-state index in [-0.39, 0.29) is 17.6 Å². The molecule has 0 aliphatic heterocycles. The van der Waals surface area contributed by atoms with E-state index in [4.69, 9.17) is 5.73 Å². The van der Waals surface area contributed by atoms with Gasteiger partial charge in [-0.25, -0.2) is 13.1 Å². The molecule has 6 nitrogen and oxygen atoms in total. The molecule has 0 aliphatic rings. The van der Waals surface area contributed by atoms with E-state index in [1.54, 1.807) is 7.05 Å². The number of rotatable bonds is 6. The van der Waals surface area contributed by atoms with Crippen LogP contribution in [0.15, 0.2) is 17.3 Å². The first-order valence-electron chi connectivity index (χ1n) is 5.57. The summed E-state index contributed by atoms with van der Waals surface area (Å²) in [6.07, 6.45) is 2.17. The van der Waals surface area contributed by atoms with Crippen molar-refractivity contribution in [1.82, 2.24) is 14.5 Å². The molecule has 17 heavy (non-hydrogen) atoms. The molecule has 0 fully saturated rings. The summed E-state index contributed by atoms with van der Waals surface area (Å²) in [5.74, 6) is 0.387. The number of hydrogen-bond donors (Lipinski definition) is 2. The molecule has 98 valence electrons. The average molecular weight is 260 g/mol. The number of nitrogens with one attached hydrogen (secondary N) is 1. The van der Waals surface area contributed by atoms with E-state index in [0.29, 0.717) is 12.3 Å². The van der Waals surface area contributed by atoms with Gasteiger partial charge < -0.3 is 5.73 Å². The quantitative estimate of drug-likeness (QED) is 0.757. The largest absolute Gasteiger partial charge is 0.329 e. The lowest BCUT2D eigenvalue weighted by molar-refractivity contribution is 0.462. The Labute approximate surface area is 102 Å². The fraction of sp³-hybridized carbons (Fsp3) is 0.700. The number of aryl methyl sites for hydroxylation is 1. The molecular formula is C10H20N4O2S. The molecule has 0 radical (unpaired) electrons. The van der Waals surface area contributed by atoms with Crippen molar-refractivity contribution in [2.75, 3.05) is 6.54 Å². The van der Waals surface area contributed by atoms with E-state index in [2.05, 4.69) is 9.82 Å². The molecule has 0 aromatic carbocycles. The fourth-order valence-corrected chi connectivity index (χ4v) is 3.05. The molecular weight excluding hydrogens is 240 g/mol. The van der Waals surface area contributed by atoms with Crippen molar-refractivity contribution in [3.05, 3.63) is 12.3 Å². The van der Waals surface area contributed by atoms with Crippen molar-refractivity contribution in [3.8, 4) is 0 Å². The predicted octanol–water partition coefficient (Wildman–Crippen LogP) is 0.0718.